The number of nitrogens with one attached hydrogen (secondary N) is 1. The number of carbonyl (C=O) groups excluding carboxylic acids is 1. The maximum absolute atomic E-state index is 12.1. The van der Waals surface area contributed by atoms with Gasteiger partial charge in [-0.25, -0.2) is 5.43 Å². The summed E-state index contributed by atoms with van der Waals surface area (Å²) in [6.45, 7) is 5.94. The van der Waals surface area contributed by atoms with Gasteiger partial charge >= 0.3 is 0 Å². The Morgan fingerprint density at radius 2 is 1.91 bits per heavy atom. The highest BCUT2D eigenvalue weighted by atomic mass is 79.9. The monoisotopic (exact) mass is 525 g/mol. The van der Waals surface area contributed by atoms with Crippen molar-refractivity contribution in [2.24, 2.45) is 5.10 Å². The highest BCUT2D eigenvalue weighted by Gasteiger charge is 2.14. The van der Waals surface area contributed by atoms with Gasteiger partial charge in [-0.3, -0.25) is 9.69 Å². The van der Waals surface area contributed by atoms with Crippen molar-refractivity contribution in [1.29, 1.82) is 0 Å². The van der Waals surface area contributed by atoms with Crippen LogP contribution in [0.2, 0.25) is 0 Å². The van der Waals surface area contributed by atoms with E-state index < -0.39 is 0 Å². The second-order valence-corrected chi connectivity index (χ2v) is 8.77. The summed E-state index contributed by atoms with van der Waals surface area (Å²) in [6, 6.07) is 18.3. The third-order valence-corrected chi connectivity index (χ3v) is 5.99. The molecule has 8 heteroatoms. The maximum Gasteiger partial charge on any atom is 0.254 e. The molecular formula is C26H28BrN3O4. The minimum absolute atomic E-state index is 0.155. The summed E-state index contributed by atoms with van der Waals surface area (Å²) < 4.78 is 18.0. The Hall–Kier alpha value is -2.94. The van der Waals surface area contributed by atoms with Crippen LogP contribution in [-0.4, -0.2) is 56.5 Å². The van der Waals surface area contributed by atoms with Gasteiger partial charge in [0.1, 0.15) is 6.61 Å². The quantitative estimate of drug-likeness (QED) is 0.332. The molecule has 0 unspecified atom stereocenters. The fraction of sp³-hybridized carbons (Fsp3) is 0.308. The van der Waals surface area contributed by atoms with Gasteiger partial charge in [0.2, 0.25) is 0 Å². The third-order valence-electron chi connectivity index (χ3n) is 5.40. The minimum Gasteiger partial charge on any atom is -0.490 e. The Kier molecular flexibility index (Phi) is 8.51. The normalized spacial score (nSPS) is 14.4. The summed E-state index contributed by atoms with van der Waals surface area (Å²) in [7, 11) is 0. The summed E-state index contributed by atoms with van der Waals surface area (Å²) in [5.74, 6) is 1.08. The predicted octanol–water partition coefficient (Wildman–Crippen LogP) is 4.36. The van der Waals surface area contributed by atoms with E-state index in [-0.39, 0.29) is 5.91 Å². The Labute approximate surface area is 207 Å². The molecule has 0 aliphatic carbocycles. The van der Waals surface area contributed by atoms with E-state index in [0.29, 0.717) is 44.5 Å². The van der Waals surface area contributed by atoms with Crippen LogP contribution in [-0.2, 0) is 16.1 Å². The average molecular weight is 526 g/mol. The number of amides is 1. The number of benzene rings is 3. The molecule has 1 N–H and O–H groups in total. The smallest absolute Gasteiger partial charge is 0.254 e. The number of hydrogen-bond donors (Lipinski definition) is 1. The Morgan fingerprint density at radius 3 is 2.71 bits per heavy atom. The first kappa shape index (κ1) is 24.2. The summed E-state index contributed by atoms with van der Waals surface area (Å²) in [5.41, 5.74) is 4.43. The number of rotatable bonds is 9. The van der Waals surface area contributed by atoms with Crippen LogP contribution in [0.4, 0.5) is 0 Å². The number of fused-ring (bicyclic) bond motifs is 1. The molecule has 0 saturated carbocycles. The lowest BCUT2D eigenvalue weighted by molar-refractivity contribution is -0.123. The average Bonchev–Trinajstić information content (AvgIpc) is 2.84. The van der Waals surface area contributed by atoms with E-state index >= 15 is 0 Å². The fourth-order valence-corrected chi connectivity index (χ4v) is 4.30. The molecule has 0 spiro atoms. The maximum atomic E-state index is 12.1. The molecule has 0 aromatic heterocycles. The molecule has 1 heterocycles. The molecular weight excluding hydrogens is 498 g/mol. The van der Waals surface area contributed by atoms with Crippen LogP contribution < -0.4 is 14.9 Å². The molecule has 0 atom stereocenters. The highest BCUT2D eigenvalue weighted by molar-refractivity contribution is 9.10. The van der Waals surface area contributed by atoms with Crippen LogP contribution >= 0.6 is 15.9 Å². The summed E-state index contributed by atoms with van der Waals surface area (Å²) in [5, 5.41) is 6.48. The van der Waals surface area contributed by atoms with Gasteiger partial charge in [-0.05, 0) is 63.0 Å². The molecule has 1 amide bonds. The molecule has 3 aromatic carbocycles. The van der Waals surface area contributed by atoms with Gasteiger partial charge in [0.15, 0.2) is 11.5 Å². The second-order valence-electron chi connectivity index (χ2n) is 7.91. The molecule has 1 aliphatic heterocycles. The van der Waals surface area contributed by atoms with Crippen molar-refractivity contribution in [2.45, 2.75) is 13.5 Å². The van der Waals surface area contributed by atoms with Gasteiger partial charge in [0.05, 0.1) is 37.1 Å². The van der Waals surface area contributed by atoms with Gasteiger partial charge in [0.25, 0.3) is 5.91 Å². The second kappa shape index (κ2) is 12.0. The molecule has 7 nitrogen and oxygen atoms in total. The summed E-state index contributed by atoms with van der Waals surface area (Å²) in [4.78, 5) is 14.2. The van der Waals surface area contributed by atoms with Crippen LogP contribution in [0.3, 0.4) is 0 Å². The van der Waals surface area contributed by atoms with Crippen LogP contribution in [0.5, 0.6) is 11.5 Å². The molecule has 1 fully saturated rings. The van der Waals surface area contributed by atoms with Crippen molar-refractivity contribution in [2.75, 3.05) is 39.5 Å². The molecule has 178 valence electrons. The fourth-order valence-electron chi connectivity index (χ4n) is 3.73. The highest BCUT2D eigenvalue weighted by Crippen LogP contribution is 2.37. The van der Waals surface area contributed by atoms with E-state index in [2.05, 4.69) is 56.8 Å². The minimum atomic E-state index is -0.155. The van der Waals surface area contributed by atoms with E-state index in [1.54, 1.807) is 6.21 Å². The lowest BCUT2D eigenvalue weighted by Crippen LogP contribution is -2.42. The number of hydrazone groups is 1. The first-order chi connectivity index (χ1) is 16.6. The molecule has 0 bridgehead atoms. The SMILES string of the molecule is CCOc1cc(/C=N/NC(=O)CN2CCOCC2)cc(Br)c1OCc1ccc2ccccc2c1. The largest absolute Gasteiger partial charge is 0.490 e. The standard InChI is InChI=1S/C26H28BrN3O4/c1-2-33-24-15-20(16-28-29-25(31)17-30-9-11-32-12-10-30)14-23(27)26(24)34-18-19-7-8-21-5-3-4-6-22(21)13-19/h3-8,13-16H,2,9-12,17-18H2,1H3,(H,29,31)/b28-16+. The lowest BCUT2D eigenvalue weighted by Gasteiger charge is -2.25. The van der Waals surface area contributed by atoms with Crippen molar-refractivity contribution in [3.8, 4) is 11.5 Å². The number of hydrogen-bond acceptors (Lipinski definition) is 6. The van der Waals surface area contributed by atoms with E-state index in [9.17, 15) is 4.79 Å². The Morgan fingerprint density at radius 1 is 1.12 bits per heavy atom. The van der Waals surface area contributed by atoms with Crippen molar-refractivity contribution in [1.82, 2.24) is 10.3 Å². The van der Waals surface area contributed by atoms with Gasteiger partial charge in [0, 0.05) is 13.1 Å². The Bertz CT molecular complexity index is 1160. The zero-order valence-electron chi connectivity index (χ0n) is 19.1. The van der Waals surface area contributed by atoms with E-state index in [4.69, 9.17) is 14.2 Å². The Balaban J connectivity index is 1.40. The third kappa shape index (κ3) is 6.56. The zero-order valence-corrected chi connectivity index (χ0v) is 20.7. The number of carbonyl (C=O) groups is 1. The van der Waals surface area contributed by atoms with E-state index in [1.165, 1.54) is 10.8 Å². The lowest BCUT2D eigenvalue weighted by atomic mass is 10.1. The number of nitrogens with zero attached hydrogens (tertiary/aromatic N) is 2. The van der Waals surface area contributed by atoms with Crippen LogP contribution in [0.1, 0.15) is 18.1 Å². The number of morpholine rings is 1. The topological polar surface area (TPSA) is 72.4 Å². The van der Waals surface area contributed by atoms with E-state index in [0.717, 1.165) is 28.7 Å². The zero-order chi connectivity index (χ0) is 23.8. The molecule has 34 heavy (non-hydrogen) atoms. The number of halogens is 1. The summed E-state index contributed by atoms with van der Waals surface area (Å²) >= 11 is 3.60. The first-order valence-corrected chi connectivity index (χ1v) is 12.1. The van der Waals surface area contributed by atoms with E-state index in [1.807, 2.05) is 36.1 Å². The molecule has 1 aliphatic rings. The number of ether oxygens (including phenoxy) is 3. The van der Waals surface area contributed by atoms with Crippen molar-refractivity contribution >= 4 is 38.8 Å². The predicted molar refractivity (Wildman–Crippen MR) is 137 cm³/mol. The molecule has 0 radical (unpaired) electrons. The summed E-state index contributed by atoms with van der Waals surface area (Å²) in [6.07, 6.45) is 1.59. The van der Waals surface area contributed by atoms with Gasteiger partial charge < -0.3 is 14.2 Å². The molecule has 1 saturated heterocycles. The van der Waals surface area contributed by atoms with Gasteiger partial charge in [-0.1, -0.05) is 36.4 Å². The van der Waals surface area contributed by atoms with Gasteiger partial charge in [-0.2, -0.15) is 5.10 Å². The van der Waals surface area contributed by atoms with Gasteiger partial charge in [-0.15, -0.1) is 0 Å². The van der Waals surface area contributed by atoms with Crippen LogP contribution in [0.15, 0.2) is 64.2 Å². The molecule has 3 aromatic rings. The molecule has 4 rings (SSSR count). The van der Waals surface area contributed by atoms with Crippen molar-refractivity contribution < 1.29 is 19.0 Å². The van der Waals surface area contributed by atoms with Crippen molar-refractivity contribution in [3.63, 3.8) is 0 Å². The first-order valence-electron chi connectivity index (χ1n) is 11.3. The van der Waals surface area contributed by atoms with Crippen LogP contribution in [0.25, 0.3) is 10.8 Å². The van der Waals surface area contributed by atoms with Crippen molar-refractivity contribution in [3.05, 3.63) is 70.2 Å². The van der Waals surface area contributed by atoms with Crippen LogP contribution in [0, 0.1) is 0 Å².